The van der Waals surface area contributed by atoms with Gasteiger partial charge in [-0.1, -0.05) is 251 Å². The van der Waals surface area contributed by atoms with E-state index in [4.69, 9.17) is 14.2 Å². The van der Waals surface area contributed by atoms with Crippen molar-refractivity contribution in [2.75, 3.05) is 13.2 Å². The maximum absolute atomic E-state index is 12.9. The van der Waals surface area contributed by atoms with Gasteiger partial charge in [0.1, 0.15) is 13.2 Å². The molecule has 0 rings (SSSR count). The Labute approximate surface area is 462 Å². The van der Waals surface area contributed by atoms with Crippen LogP contribution in [0.4, 0.5) is 0 Å². The van der Waals surface area contributed by atoms with Gasteiger partial charge in [0, 0.05) is 19.3 Å². The van der Waals surface area contributed by atoms with Crippen molar-refractivity contribution >= 4 is 17.9 Å². The minimum atomic E-state index is -0.801. The first-order valence-corrected chi connectivity index (χ1v) is 30.7. The van der Waals surface area contributed by atoms with Crippen LogP contribution in [-0.4, -0.2) is 37.2 Å². The van der Waals surface area contributed by atoms with E-state index in [-0.39, 0.29) is 31.1 Å². The van der Waals surface area contributed by atoms with Crippen LogP contribution in [-0.2, 0) is 28.6 Å². The Morgan fingerprint density at radius 3 is 0.747 bits per heavy atom. The molecule has 0 saturated carbocycles. The van der Waals surface area contributed by atoms with E-state index in [0.29, 0.717) is 19.3 Å². The van der Waals surface area contributed by atoms with Crippen molar-refractivity contribution in [1.82, 2.24) is 0 Å². The Morgan fingerprint density at radius 1 is 0.267 bits per heavy atom. The molecule has 0 aliphatic rings. The maximum atomic E-state index is 12.9. The molecule has 75 heavy (non-hydrogen) atoms. The number of carbonyl (C=O) groups excluding carboxylic acids is 3. The summed E-state index contributed by atoms with van der Waals surface area (Å²) in [7, 11) is 0. The molecule has 1 unspecified atom stereocenters. The van der Waals surface area contributed by atoms with Crippen molar-refractivity contribution in [3.05, 3.63) is 134 Å². The molecule has 0 aromatic carbocycles. The lowest BCUT2D eigenvalue weighted by Crippen LogP contribution is -2.30. The van der Waals surface area contributed by atoms with Crippen molar-refractivity contribution in [1.29, 1.82) is 0 Å². The summed E-state index contributed by atoms with van der Waals surface area (Å²) >= 11 is 0. The highest BCUT2D eigenvalue weighted by atomic mass is 16.6. The van der Waals surface area contributed by atoms with Crippen molar-refractivity contribution in [2.45, 2.75) is 271 Å². The van der Waals surface area contributed by atoms with Crippen LogP contribution in [0, 0.1) is 0 Å². The summed E-state index contributed by atoms with van der Waals surface area (Å²) < 4.78 is 16.9. The maximum Gasteiger partial charge on any atom is 0.306 e. The summed E-state index contributed by atoms with van der Waals surface area (Å²) in [6.45, 7) is 6.28. The lowest BCUT2D eigenvalue weighted by Gasteiger charge is -2.18. The van der Waals surface area contributed by atoms with Crippen LogP contribution >= 0.6 is 0 Å². The molecule has 0 saturated heterocycles. The number of esters is 3. The molecule has 424 valence electrons. The fraction of sp³-hybridized carbons (Fsp3) is 0.638. The van der Waals surface area contributed by atoms with Crippen LogP contribution in [0.3, 0.4) is 0 Å². The number of carbonyl (C=O) groups is 3. The van der Waals surface area contributed by atoms with Crippen LogP contribution in [0.5, 0.6) is 0 Å². The highest BCUT2D eigenvalue weighted by Crippen LogP contribution is 2.15. The SMILES string of the molecule is CC/C=C\C/C=C\C/C=C\C/C=C\CCCCCCCCCCCCC(=O)OCC(COC(=O)CCCCCCC/C=C\C/C=C\C/C=C\CC)OC(=O)CCCCCCCC/C=C\C/C=C\C/C=C\C/C=C\CC. The Bertz CT molecular complexity index is 1620. The molecule has 0 spiro atoms. The zero-order chi connectivity index (χ0) is 54.3. The fourth-order valence-electron chi connectivity index (χ4n) is 8.15. The number of rotatable bonds is 54. The molecule has 6 nitrogen and oxygen atoms in total. The molecule has 0 fully saturated rings. The first-order valence-electron chi connectivity index (χ1n) is 30.7. The first kappa shape index (κ1) is 70.5. The second-order valence-corrected chi connectivity index (χ2v) is 19.8. The fourth-order valence-corrected chi connectivity index (χ4v) is 8.15. The third-order valence-corrected chi connectivity index (χ3v) is 12.6. The minimum absolute atomic E-state index is 0.0956. The van der Waals surface area contributed by atoms with Crippen LogP contribution in [0.15, 0.2) is 134 Å². The normalized spacial score (nSPS) is 13.1. The minimum Gasteiger partial charge on any atom is -0.462 e. The summed E-state index contributed by atoms with van der Waals surface area (Å²) in [4.78, 5) is 38.3. The topological polar surface area (TPSA) is 78.9 Å². The van der Waals surface area contributed by atoms with E-state index in [9.17, 15) is 14.4 Å². The number of hydrogen-bond donors (Lipinski definition) is 0. The Hall–Kier alpha value is -4.45. The molecule has 0 amide bonds. The van der Waals surface area contributed by atoms with Gasteiger partial charge in [-0.3, -0.25) is 14.4 Å². The third kappa shape index (κ3) is 60.3. The molecule has 0 heterocycles. The predicted octanol–water partition coefficient (Wildman–Crippen LogP) is 21.0. The van der Waals surface area contributed by atoms with Crippen molar-refractivity contribution in [2.24, 2.45) is 0 Å². The van der Waals surface area contributed by atoms with Gasteiger partial charge in [0.25, 0.3) is 0 Å². The zero-order valence-electron chi connectivity index (χ0n) is 48.5. The lowest BCUT2D eigenvalue weighted by atomic mass is 10.1. The molecule has 1 atom stereocenters. The van der Waals surface area contributed by atoms with E-state index < -0.39 is 6.10 Å². The molecule has 0 aromatic heterocycles. The predicted molar refractivity (Wildman–Crippen MR) is 325 cm³/mol. The smallest absolute Gasteiger partial charge is 0.306 e. The van der Waals surface area contributed by atoms with Gasteiger partial charge in [0.05, 0.1) is 0 Å². The van der Waals surface area contributed by atoms with Gasteiger partial charge in [-0.05, 0) is 128 Å². The van der Waals surface area contributed by atoms with Crippen LogP contribution < -0.4 is 0 Å². The van der Waals surface area contributed by atoms with Gasteiger partial charge >= 0.3 is 17.9 Å². The van der Waals surface area contributed by atoms with Gasteiger partial charge in [-0.15, -0.1) is 0 Å². The van der Waals surface area contributed by atoms with Crippen molar-refractivity contribution in [3.63, 3.8) is 0 Å². The van der Waals surface area contributed by atoms with E-state index in [0.717, 1.165) is 161 Å². The average Bonchev–Trinajstić information content (AvgIpc) is 3.41. The van der Waals surface area contributed by atoms with E-state index in [1.165, 1.54) is 64.2 Å². The zero-order valence-corrected chi connectivity index (χ0v) is 48.5. The van der Waals surface area contributed by atoms with Gasteiger partial charge < -0.3 is 14.2 Å². The summed E-state index contributed by atoms with van der Waals surface area (Å²) in [6.07, 6.45) is 87.3. The second-order valence-electron chi connectivity index (χ2n) is 19.8. The van der Waals surface area contributed by atoms with Gasteiger partial charge in [0.15, 0.2) is 6.10 Å². The second kappa shape index (κ2) is 62.1. The Morgan fingerprint density at radius 2 is 0.480 bits per heavy atom. The largest absolute Gasteiger partial charge is 0.462 e. The van der Waals surface area contributed by atoms with E-state index in [1.54, 1.807) is 0 Å². The van der Waals surface area contributed by atoms with Crippen LogP contribution in [0.2, 0.25) is 0 Å². The molecule has 0 aliphatic heterocycles. The number of allylic oxidation sites excluding steroid dienone is 22. The Balaban J connectivity index is 4.43. The summed E-state index contributed by atoms with van der Waals surface area (Å²) in [5.74, 6) is -0.930. The molecule has 0 aromatic rings. The number of hydrogen-bond acceptors (Lipinski definition) is 6. The quantitative estimate of drug-likeness (QED) is 0.0261. The van der Waals surface area contributed by atoms with Gasteiger partial charge in [0.2, 0.25) is 0 Å². The first-order chi connectivity index (χ1) is 37.0. The van der Waals surface area contributed by atoms with E-state index in [2.05, 4.69) is 154 Å². The van der Waals surface area contributed by atoms with Crippen molar-refractivity contribution in [3.8, 4) is 0 Å². The third-order valence-electron chi connectivity index (χ3n) is 12.6. The molecule has 0 N–H and O–H groups in total. The number of unbranched alkanes of at least 4 members (excludes halogenated alkanes) is 21. The molecular weight excluding hydrogens is 925 g/mol. The highest BCUT2D eigenvalue weighted by molar-refractivity contribution is 5.71. The molecule has 0 bridgehead atoms. The van der Waals surface area contributed by atoms with Crippen LogP contribution in [0.25, 0.3) is 0 Å². The van der Waals surface area contributed by atoms with Gasteiger partial charge in [-0.25, -0.2) is 0 Å². The number of ether oxygens (including phenoxy) is 3. The molecule has 0 aliphatic carbocycles. The monoisotopic (exact) mass is 1040 g/mol. The standard InChI is InChI=1S/C69H112O6/c1-4-7-10-13-16-19-22-25-28-30-32-33-34-35-37-38-41-44-47-50-53-56-59-62-68(71)74-65-66(64-73-67(70)61-58-55-52-49-46-43-40-27-24-21-18-15-12-9-6-3)75-69(72)63-60-57-54-51-48-45-42-39-36-31-29-26-23-20-17-14-11-8-5-2/h7-12,16-21,25-29,32-33,36,39-40,66H,4-6,13-15,22-24,30-31,34-35,37-38,41-65H2,1-3H3/b10-7-,11-8-,12-9-,19-16-,20-17-,21-18-,28-25-,29-26-,33-32-,39-36-,40-27-. The highest BCUT2D eigenvalue weighted by Gasteiger charge is 2.19. The van der Waals surface area contributed by atoms with Gasteiger partial charge in [-0.2, -0.15) is 0 Å². The van der Waals surface area contributed by atoms with Crippen molar-refractivity contribution < 1.29 is 28.6 Å². The summed E-state index contributed by atoms with van der Waals surface area (Å²) in [5.41, 5.74) is 0. The van der Waals surface area contributed by atoms with Crippen LogP contribution in [0.1, 0.15) is 265 Å². The molecule has 6 heteroatoms. The Kier molecular flexibility index (Phi) is 58.4. The lowest BCUT2D eigenvalue weighted by molar-refractivity contribution is -0.167. The van der Waals surface area contributed by atoms with E-state index in [1.807, 2.05) is 0 Å². The van der Waals surface area contributed by atoms with E-state index >= 15 is 0 Å². The average molecular weight is 1040 g/mol. The molecule has 0 radical (unpaired) electrons. The molecular formula is C69H112O6. The summed E-state index contributed by atoms with van der Waals surface area (Å²) in [6, 6.07) is 0. The summed E-state index contributed by atoms with van der Waals surface area (Å²) in [5, 5.41) is 0.